The lowest BCUT2D eigenvalue weighted by atomic mass is 9.96. The lowest BCUT2D eigenvalue weighted by Crippen LogP contribution is -2.50. The number of nitrogens with one attached hydrogen (secondary N) is 1. The molecular weight excluding hydrogens is 397 g/mol. The molecule has 6 nitrogen and oxygen atoms in total. The van der Waals surface area contributed by atoms with Crippen molar-refractivity contribution in [1.82, 2.24) is 9.88 Å². The van der Waals surface area contributed by atoms with Crippen molar-refractivity contribution in [3.63, 3.8) is 0 Å². The lowest BCUT2D eigenvalue weighted by molar-refractivity contribution is 0.0695. The molecule has 3 aliphatic rings. The minimum Gasteiger partial charge on any atom is -0.477 e. The zero-order chi connectivity index (χ0) is 20.4. The highest BCUT2D eigenvalue weighted by Gasteiger charge is 2.45. The first-order valence-corrected chi connectivity index (χ1v) is 10.5. The lowest BCUT2D eigenvalue weighted by Gasteiger charge is -2.42. The van der Waals surface area contributed by atoms with Gasteiger partial charge in [-0.05, 0) is 57.7 Å². The fraction of sp³-hybridized carbons (Fsp3) is 0.524. The molecule has 2 aliphatic heterocycles. The molecule has 29 heavy (non-hydrogen) atoms. The zero-order valence-corrected chi connectivity index (χ0v) is 16.9. The van der Waals surface area contributed by atoms with E-state index in [-0.39, 0.29) is 34.1 Å². The summed E-state index contributed by atoms with van der Waals surface area (Å²) in [5.41, 5.74) is -0.461. The fourth-order valence-electron chi connectivity index (χ4n) is 5.34. The highest BCUT2D eigenvalue weighted by molar-refractivity contribution is 6.35. The summed E-state index contributed by atoms with van der Waals surface area (Å²) in [6.45, 7) is 0. The molecule has 0 amide bonds. The molecule has 2 unspecified atom stereocenters. The predicted molar refractivity (Wildman–Crippen MR) is 110 cm³/mol. The third kappa shape index (κ3) is 2.86. The highest BCUT2D eigenvalue weighted by atomic mass is 35.5. The average Bonchev–Trinajstić information content (AvgIpc) is 3.47. The molecule has 1 aromatic carbocycles. The van der Waals surface area contributed by atoms with E-state index in [4.69, 9.17) is 11.6 Å². The molecule has 2 aromatic rings. The SMILES string of the molecule is CNC1CC2CCC(C1)N2c1c(C(=O)O)c(=O)c2cc(F)cc(Cl)c2n1C1CC1. The Labute approximate surface area is 172 Å². The van der Waals surface area contributed by atoms with Crippen molar-refractivity contribution in [3.8, 4) is 0 Å². The summed E-state index contributed by atoms with van der Waals surface area (Å²) in [5.74, 6) is -1.44. The van der Waals surface area contributed by atoms with Gasteiger partial charge in [0.15, 0.2) is 0 Å². The van der Waals surface area contributed by atoms with Gasteiger partial charge in [0, 0.05) is 24.2 Å². The molecule has 3 fully saturated rings. The van der Waals surface area contributed by atoms with E-state index in [9.17, 15) is 19.1 Å². The Hall–Kier alpha value is -2.12. The van der Waals surface area contributed by atoms with Crippen LogP contribution in [-0.2, 0) is 0 Å². The van der Waals surface area contributed by atoms with Crippen molar-refractivity contribution >= 4 is 34.3 Å². The summed E-state index contributed by atoms with van der Waals surface area (Å²) >= 11 is 6.41. The molecule has 1 saturated carbocycles. The van der Waals surface area contributed by atoms with Crippen LogP contribution >= 0.6 is 11.6 Å². The summed E-state index contributed by atoms with van der Waals surface area (Å²) in [5, 5.41) is 13.6. The van der Waals surface area contributed by atoms with Gasteiger partial charge < -0.3 is 19.9 Å². The Balaban J connectivity index is 1.84. The van der Waals surface area contributed by atoms with Crippen LogP contribution in [0.25, 0.3) is 10.9 Å². The maximum atomic E-state index is 14.0. The largest absolute Gasteiger partial charge is 0.477 e. The van der Waals surface area contributed by atoms with E-state index < -0.39 is 17.2 Å². The number of aromatic nitrogens is 1. The van der Waals surface area contributed by atoms with Gasteiger partial charge in [-0.3, -0.25) is 4.79 Å². The van der Waals surface area contributed by atoms with E-state index in [1.54, 1.807) is 0 Å². The number of pyridine rings is 1. The van der Waals surface area contributed by atoms with Gasteiger partial charge >= 0.3 is 5.97 Å². The molecule has 3 heterocycles. The molecule has 154 valence electrons. The number of carbonyl (C=O) groups is 1. The standard InChI is InChI=1S/C21H23ClFN3O3/c1-24-11-8-13-4-5-14(9-11)25(13)20-17(21(28)29)19(27)15-6-10(23)7-16(22)18(15)26(20)12-2-3-12/h6-7,11-14,24H,2-5,8-9H2,1H3,(H,28,29). The summed E-state index contributed by atoms with van der Waals surface area (Å²) < 4.78 is 16.0. The minimum atomic E-state index is -1.27. The van der Waals surface area contributed by atoms with Crippen molar-refractivity contribution < 1.29 is 14.3 Å². The van der Waals surface area contributed by atoms with Crippen LogP contribution in [0.15, 0.2) is 16.9 Å². The molecule has 2 N–H and O–H groups in total. The maximum Gasteiger partial charge on any atom is 0.343 e. The molecule has 2 bridgehead atoms. The summed E-state index contributed by atoms with van der Waals surface area (Å²) in [7, 11) is 1.95. The van der Waals surface area contributed by atoms with Crippen molar-refractivity contribution in [3.05, 3.63) is 38.8 Å². The van der Waals surface area contributed by atoms with Crippen LogP contribution in [0.1, 0.15) is 54.9 Å². The number of benzene rings is 1. The van der Waals surface area contributed by atoms with Crippen molar-refractivity contribution in [2.75, 3.05) is 11.9 Å². The van der Waals surface area contributed by atoms with Crippen LogP contribution in [0.2, 0.25) is 5.02 Å². The van der Waals surface area contributed by atoms with Gasteiger partial charge in [-0.25, -0.2) is 9.18 Å². The van der Waals surface area contributed by atoms with Crippen molar-refractivity contribution in [1.29, 1.82) is 0 Å². The Bertz CT molecular complexity index is 1070. The van der Waals surface area contributed by atoms with Crippen LogP contribution in [0, 0.1) is 5.82 Å². The Morgan fingerprint density at radius 3 is 2.34 bits per heavy atom. The van der Waals surface area contributed by atoms with Gasteiger partial charge in [-0.2, -0.15) is 0 Å². The third-order valence-corrected chi connectivity index (χ3v) is 6.99. The van der Waals surface area contributed by atoms with E-state index in [1.807, 2.05) is 11.6 Å². The highest BCUT2D eigenvalue weighted by Crippen LogP contribution is 2.47. The fourth-order valence-corrected chi connectivity index (χ4v) is 5.64. The molecule has 0 radical (unpaired) electrons. The van der Waals surface area contributed by atoms with E-state index in [2.05, 4.69) is 10.2 Å². The van der Waals surface area contributed by atoms with E-state index in [0.29, 0.717) is 17.4 Å². The first kappa shape index (κ1) is 18.9. The topological polar surface area (TPSA) is 74.6 Å². The Morgan fingerprint density at radius 1 is 1.17 bits per heavy atom. The van der Waals surface area contributed by atoms with Gasteiger partial charge in [-0.1, -0.05) is 11.6 Å². The number of hydrogen-bond donors (Lipinski definition) is 2. The minimum absolute atomic E-state index is 0.0421. The number of rotatable bonds is 4. The molecular formula is C21H23ClFN3O3. The third-order valence-electron chi connectivity index (χ3n) is 6.70. The average molecular weight is 420 g/mol. The number of hydrogen-bond acceptors (Lipinski definition) is 4. The number of nitrogens with zero attached hydrogens (tertiary/aromatic N) is 2. The Morgan fingerprint density at radius 2 is 1.79 bits per heavy atom. The molecule has 1 aromatic heterocycles. The summed E-state index contributed by atoms with van der Waals surface area (Å²) in [4.78, 5) is 27.7. The second-order valence-corrected chi connectivity index (χ2v) is 8.87. The number of carboxylic acid groups (broad SMARTS) is 1. The predicted octanol–water partition coefficient (Wildman–Crippen LogP) is 3.55. The molecule has 0 spiro atoms. The van der Waals surface area contributed by atoms with Crippen LogP contribution in [0.3, 0.4) is 0 Å². The van der Waals surface area contributed by atoms with E-state index >= 15 is 0 Å². The second kappa shape index (κ2) is 6.71. The summed E-state index contributed by atoms with van der Waals surface area (Å²) in [6.07, 6.45) is 5.52. The number of aromatic carboxylic acids is 1. The van der Waals surface area contributed by atoms with Crippen molar-refractivity contribution in [2.24, 2.45) is 0 Å². The van der Waals surface area contributed by atoms with Crippen LogP contribution in [0.4, 0.5) is 10.2 Å². The van der Waals surface area contributed by atoms with Gasteiger partial charge in [0.1, 0.15) is 17.2 Å². The molecule has 2 saturated heterocycles. The van der Waals surface area contributed by atoms with E-state index in [0.717, 1.165) is 44.6 Å². The van der Waals surface area contributed by atoms with Gasteiger partial charge in [-0.15, -0.1) is 0 Å². The second-order valence-electron chi connectivity index (χ2n) is 8.47. The van der Waals surface area contributed by atoms with Gasteiger partial charge in [0.05, 0.1) is 15.9 Å². The molecule has 5 rings (SSSR count). The Kier molecular flexibility index (Phi) is 4.37. The number of carboxylic acids is 1. The quantitative estimate of drug-likeness (QED) is 0.792. The summed E-state index contributed by atoms with van der Waals surface area (Å²) in [6, 6.07) is 3.12. The normalized spacial score (nSPS) is 26.3. The monoisotopic (exact) mass is 419 g/mol. The molecule has 2 atom stereocenters. The number of piperidine rings is 1. The van der Waals surface area contributed by atoms with Gasteiger partial charge in [0.25, 0.3) is 0 Å². The number of fused-ring (bicyclic) bond motifs is 3. The van der Waals surface area contributed by atoms with Crippen LogP contribution in [0.5, 0.6) is 0 Å². The maximum absolute atomic E-state index is 14.0. The van der Waals surface area contributed by atoms with Crippen molar-refractivity contribution in [2.45, 2.75) is 62.7 Å². The number of halogens is 2. The smallest absolute Gasteiger partial charge is 0.343 e. The van der Waals surface area contributed by atoms with Gasteiger partial charge in [0.2, 0.25) is 5.43 Å². The van der Waals surface area contributed by atoms with Crippen LogP contribution in [-0.4, -0.2) is 40.8 Å². The first-order valence-electron chi connectivity index (χ1n) is 10.2. The zero-order valence-electron chi connectivity index (χ0n) is 16.1. The number of anilines is 1. The van der Waals surface area contributed by atoms with Crippen LogP contribution < -0.4 is 15.6 Å². The van der Waals surface area contributed by atoms with E-state index in [1.165, 1.54) is 6.07 Å². The molecule has 8 heteroatoms. The molecule has 1 aliphatic carbocycles. The first-order chi connectivity index (χ1) is 13.9.